The number of hydrogen-bond donors (Lipinski definition) is 2. The second kappa shape index (κ2) is 6.15. The number of rotatable bonds is 6. The van der Waals surface area contributed by atoms with E-state index in [0.29, 0.717) is 5.92 Å². The van der Waals surface area contributed by atoms with E-state index < -0.39 is 10.0 Å². The number of aromatic nitrogens is 1. The zero-order chi connectivity index (χ0) is 13.8. The maximum absolute atomic E-state index is 12.0. The molecule has 0 aliphatic rings. The highest BCUT2D eigenvalue weighted by Gasteiger charge is 2.17. The van der Waals surface area contributed by atoms with Crippen LogP contribution in [0.2, 0.25) is 0 Å². The molecule has 2 N–H and O–H groups in total. The van der Waals surface area contributed by atoms with Crippen LogP contribution >= 0.6 is 0 Å². The van der Waals surface area contributed by atoms with E-state index in [4.69, 9.17) is 0 Å². The Bertz CT molecular complexity index is 514. The van der Waals surface area contributed by atoms with Gasteiger partial charge in [0.1, 0.15) is 0 Å². The Labute approximate surface area is 108 Å². The lowest BCUT2D eigenvalue weighted by atomic mass is 10.1. The third-order valence-electron chi connectivity index (χ3n) is 2.60. The van der Waals surface area contributed by atoms with Gasteiger partial charge in [-0.15, -0.1) is 0 Å². The van der Waals surface area contributed by atoms with Gasteiger partial charge in [0.15, 0.2) is 0 Å². The van der Waals surface area contributed by atoms with Gasteiger partial charge < -0.3 is 4.98 Å². The number of H-pyrrole nitrogens is 1. The van der Waals surface area contributed by atoms with Crippen molar-refractivity contribution in [3.63, 3.8) is 0 Å². The minimum Gasteiger partial charge on any atom is -0.328 e. The van der Waals surface area contributed by atoms with Crippen molar-refractivity contribution in [1.82, 2.24) is 9.71 Å². The van der Waals surface area contributed by atoms with E-state index in [9.17, 15) is 13.2 Å². The Kier molecular flexibility index (Phi) is 5.10. The minimum atomic E-state index is -3.54. The van der Waals surface area contributed by atoms with Gasteiger partial charge in [0.25, 0.3) is 0 Å². The molecule has 0 aromatic carbocycles. The number of hydrogen-bond acceptors (Lipinski definition) is 3. The van der Waals surface area contributed by atoms with Gasteiger partial charge in [0, 0.05) is 18.3 Å². The van der Waals surface area contributed by atoms with Crippen LogP contribution in [0, 0.1) is 5.92 Å². The van der Waals surface area contributed by atoms with E-state index in [1.54, 1.807) is 0 Å². The van der Waals surface area contributed by atoms with Crippen molar-refractivity contribution < 1.29 is 8.42 Å². The summed E-state index contributed by atoms with van der Waals surface area (Å²) in [6.07, 6.45) is 2.97. The first kappa shape index (κ1) is 14.9. The summed E-state index contributed by atoms with van der Waals surface area (Å²) >= 11 is 0. The first-order valence-corrected chi connectivity index (χ1v) is 7.50. The lowest BCUT2D eigenvalue weighted by Crippen LogP contribution is -2.33. The summed E-state index contributed by atoms with van der Waals surface area (Å²) in [5.74, 6) is 0.546. The normalized spacial score (nSPS) is 13.8. The highest BCUT2D eigenvalue weighted by atomic mass is 32.2. The van der Waals surface area contributed by atoms with Gasteiger partial charge in [-0.3, -0.25) is 4.79 Å². The molecule has 1 aromatic heterocycles. The van der Waals surface area contributed by atoms with Crippen molar-refractivity contribution in [3.8, 4) is 0 Å². The molecule has 0 aliphatic heterocycles. The monoisotopic (exact) mass is 272 g/mol. The van der Waals surface area contributed by atoms with Crippen LogP contribution in [-0.2, 0) is 10.0 Å². The van der Waals surface area contributed by atoms with Crippen LogP contribution in [0.1, 0.15) is 33.6 Å². The maximum Gasteiger partial charge on any atom is 0.247 e. The van der Waals surface area contributed by atoms with Crippen LogP contribution in [0.25, 0.3) is 0 Å². The molecule has 18 heavy (non-hydrogen) atoms. The largest absolute Gasteiger partial charge is 0.328 e. The summed E-state index contributed by atoms with van der Waals surface area (Å²) in [6, 6.07) is 2.38. The minimum absolute atomic E-state index is 0.0819. The maximum atomic E-state index is 12.0. The van der Waals surface area contributed by atoms with Crippen molar-refractivity contribution in [1.29, 1.82) is 0 Å². The smallest absolute Gasteiger partial charge is 0.247 e. The van der Waals surface area contributed by atoms with Crippen LogP contribution in [0.3, 0.4) is 0 Å². The number of pyridine rings is 1. The van der Waals surface area contributed by atoms with E-state index in [1.807, 2.05) is 6.92 Å². The van der Waals surface area contributed by atoms with Gasteiger partial charge in [0.05, 0.1) is 4.90 Å². The van der Waals surface area contributed by atoms with Gasteiger partial charge in [0.2, 0.25) is 15.6 Å². The molecule has 0 amide bonds. The summed E-state index contributed by atoms with van der Waals surface area (Å²) < 4.78 is 26.5. The summed E-state index contributed by atoms with van der Waals surface area (Å²) in [5.41, 5.74) is -0.318. The van der Waals surface area contributed by atoms with Gasteiger partial charge in [-0.25, -0.2) is 13.1 Å². The first-order valence-electron chi connectivity index (χ1n) is 6.02. The average Bonchev–Trinajstić information content (AvgIpc) is 2.26. The standard InChI is InChI=1S/C12H20N2O3S/c1-9(2)4-5-10(3)14-18(16,17)11-6-7-12(15)13-8-11/h6-10,14H,4-5H2,1-3H3,(H,13,15). The van der Waals surface area contributed by atoms with Gasteiger partial charge in [-0.1, -0.05) is 13.8 Å². The van der Waals surface area contributed by atoms with Crippen LogP contribution in [-0.4, -0.2) is 19.4 Å². The second-order valence-corrected chi connectivity index (χ2v) is 6.60. The molecule has 0 saturated carbocycles. The number of sulfonamides is 1. The van der Waals surface area contributed by atoms with Crippen molar-refractivity contribution in [2.24, 2.45) is 5.92 Å². The van der Waals surface area contributed by atoms with Crippen molar-refractivity contribution in [3.05, 3.63) is 28.7 Å². The Morgan fingerprint density at radius 1 is 1.22 bits per heavy atom. The van der Waals surface area contributed by atoms with E-state index in [0.717, 1.165) is 12.8 Å². The summed E-state index contributed by atoms with van der Waals surface area (Å²) in [5, 5.41) is 0. The van der Waals surface area contributed by atoms with Crippen molar-refractivity contribution in [2.45, 2.75) is 44.6 Å². The summed E-state index contributed by atoms with van der Waals surface area (Å²) in [7, 11) is -3.54. The average molecular weight is 272 g/mol. The molecule has 1 atom stereocenters. The Morgan fingerprint density at radius 3 is 2.39 bits per heavy atom. The molecule has 0 bridgehead atoms. The molecular weight excluding hydrogens is 252 g/mol. The Balaban J connectivity index is 2.70. The topological polar surface area (TPSA) is 79.0 Å². The predicted molar refractivity (Wildman–Crippen MR) is 70.9 cm³/mol. The molecule has 0 aliphatic carbocycles. The van der Waals surface area contributed by atoms with E-state index in [-0.39, 0.29) is 16.5 Å². The zero-order valence-electron chi connectivity index (χ0n) is 10.9. The highest BCUT2D eigenvalue weighted by Crippen LogP contribution is 2.10. The van der Waals surface area contributed by atoms with Crippen LogP contribution in [0.15, 0.2) is 28.0 Å². The number of nitrogens with one attached hydrogen (secondary N) is 2. The molecule has 1 rings (SSSR count). The quantitative estimate of drug-likeness (QED) is 0.823. The summed E-state index contributed by atoms with van der Waals surface area (Å²) in [4.78, 5) is 13.3. The molecule has 1 unspecified atom stereocenters. The van der Waals surface area contributed by atoms with Crippen molar-refractivity contribution >= 4 is 10.0 Å². The molecular formula is C12H20N2O3S. The lowest BCUT2D eigenvalue weighted by Gasteiger charge is -2.15. The van der Waals surface area contributed by atoms with E-state index in [1.165, 1.54) is 18.3 Å². The van der Waals surface area contributed by atoms with Crippen molar-refractivity contribution in [2.75, 3.05) is 0 Å². The van der Waals surface area contributed by atoms with Crippen LogP contribution in [0.5, 0.6) is 0 Å². The zero-order valence-corrected chi connectivity index (χ0v) is 11.8. The fraction of sp³-hybridized carbons (Fsp3) is 0.583. The molecule has 0 saturated heterocycles. The fourth-order valence-electron chi connectivity index (χ4n) is 1.54. The third kappa shape index (κ3) is 4.62. The third-order valence-corrected chi connectivity index (χ3v) is 4.19. The van der Waals surface area contributed by atoms with E-state index >= 15 is 0 Å². The summed E-state index contributed by atoms with van der Waals surface area (Å²) in [6.45, 7) is 6.04. The van der Waals surface area contributed by atoms with Crippen LogP contribution < -0.4 is 10.3 Å². The first-order chi connectivity index (χ1) is 8.31. The molecule has 102 valence electrons. The molecule has 5 nitrogen and oxygen atoms in total. The molecule has 0 spiro atoms. The fourth-order valence-corrected chi connectivity index (χ4v) is 2.78. The molecule has 1 heterocycles. The lowest BCUT2D eigenvalue weighted by molar-refractivity contribution is 0.485. The highest BCUT2D eigenvalue weighted by molar-refractivity contribution is 7.89. The number of aromatic amines is 1. The van der Waals surface area contributed by atoms with Gasteiger partial charge in [-0.05, 0) is 31.7 Å². The Hall–Kier alpha value is -1.14. The Morgan fingerprint density at radius 2 is 1.89 bits per heavy atom. The molecule has 0 radical (unpaired) electrons. The molecule has 0 fully saturated rings. The SMILES string of the molecule is CC(C)CCC(C)NS(=O)(=O)c1ccc(=O)[nH]c1. The second-order valence-electron chi connectivity index (χ2n) is 4.88. The van der Waals surface area contributed by atoms with Gasteiger partial charge in [-0.2, -0.15) is 0 Å². The predicted octanol–water partition coefficient (Wildman–Crippen LogP) is 1.48. The van der Waals surface area contributed by atoms with E-state index in [2.05, 4.69) is 23.6 Å². The molecule has 6 heteroatoms. The molecule has 1 aromatic rings. The van der Waals surface area contributed by atoms with Gasteiger partial charge >= 0.3 is 0 Å². The van der Waals surface area contributed by atoms with Crippen LogP contribution in [0.4, 0.5) is 0 Å².